The number of carbonyl (C=O) groups excluding carboxylic acids is 3. The average molecular weight is 369 g/mol. The number of nitrogens with two attached hydrogens (primary N) is 1. The molecule has 2 amide bonds. The first-order chi connectivity index (χ1) is 13.0. The molecule has 0 bridgehead atoms. The molecular formula is C20H23N3O4. The van der Waals surface area contributed by atoms with Crippen LogP contribution in [0.1, 0.15) is 33.6 Å². The minimum absolute atomic E-state index is 0.0175. The molecule has 2 aromatic carbocycles. The van der Waals surface area contributed by atoms with E-state index in [-0.39, 0.29) is 30.4 Å². The number of anilines is 1. The Labute approximate surface area is 157 Å². The maximum absolute atomic E-state index is 12.2. The lowest BCUT2D eigenvalue weighted by Crippen LogP contribution is -2.30. The molecule has 0 aliphatic carbocycles. The van der Waals surface area contributed by atoms with E-state index >= 15 is 0 Å². The fourth-order valence-electron chi connectivity index (χ4n) is 2.43. The Bertz CT molecular complexity index is 803. The number of benzene rings is 2. The summed E-state index contributed by atoms with van der Waals surface area (Å²) < 4.78 is 5.05. The predicted molar refractivity (Wildman–Crippen MR) is 103 cm³/mol. The number of carbonyl (C=O) groups is 3. The van der Waals surface area contributed by atoms with Gasteiger partial charge in [-0.3, -0.25) is 14.4 Å². The average Bonchev–Trinajstić information content (AvgIpc) is 2.70. The SMILES string of the molecule is COc1ccc(C(=O)CCC(=O)Nc2ccccc2C(=O)NCCN)cc1. The Hall–Kier alpha value is -3.19. The van der Waals surface area contributed by atoms with E-state index in [9.17, 15) is 14.4 Å². The number of ketones is 1. The summed E-state index contributed by atoms with van der Waals surface area (Å²) in [5.74, 6) is -0.128. The van der Waals surface area contributed by atoms with Gasteiger partial charge in [0, 0.05) is 31.5 Å². The molecule has 0 saturated heterocycles. The molecule has 2 aromatic rings. The van der Waals surface area contributed by atoms with Crippen molar-refractivity contribution < 1.29 is 19.1 Å². The second kappa shape index (κ2) is 10.1. The predicted octanol–water partition coefficient (Wildman–Crippen LogP) is 1.99. The van der Waals surface area contributed by atoms with Crippen LogP contribution in [0, 0.1) is 0 Å². The molecule has 0 aromatic heterocycles. The Morgan fingerprint density at radius 2 is 1.70 bits per heavy atom. The maximum Gasteiger partial charge on any atom is 0.253 e. The van der Waals surface area contributed by atoms with E-state index in [1.807, 2.05) is 0 Å². The van der Waals surface area contributed by atoms with E-state index in [0.717, 1.165) is 0 Å². The van der Waals surface area contributed by atoms with Gasteiger partial charge in [0.1, 0.15) is 5.75 Å². The molecule has 0 atom stereocenters. The molecule has 2 rings (SSSR count). The van der Waals surface area contributed by atoms with Gasteiger partial charge in [-0.1, -0.05) is 12.1 Å². The summed E-state index contributed by atoms with van der Waals surface area (Å²) in [6, 6.07) is 13.4. The lowest BCUT2D eigenvalue weighted by molar-refractivity contribution is -0.116. The Morgan fingerprint density at radius 3 is 2.37 bits per heavy atom. The fraction of sp³-hybridized carbons (Fsp3) is 0.250. The van der Waals surface area contributed by atoms with Gasteiger partial charge in [-0.25, -0.2) is 0 Å². The molecular weight excluding hydrogens is 346 g/mol. The maximum atomic E-state index is 12.2. The van der Waals surface area contributed by atoms with Crippen LogP contribution in [-0.2, 0) is 4.79 Å². The monoisotopic (exact) mass is 369 g/mol. The van der Waals surface area contributed by atoms with Crippen molar-refractivity contribution in [2.24, 2.45) is 5.73 Å². The van der Waals surface area contributed by atoms with Crippen LogP contribution in [-0.4, -0.2) is 37.8 Å². The molecule has 0 spiro atoms. The first kappa shape index (κ1) is 20.1. The standard InChI is InChI=1S/C20H23N3O4/c1-27-15-8-6-14(7-9-15)18(24)10-11-19(25)23-17-5-3-2-4-16(17)20(26)22-13-12-21/h2-9H,10-13,21H2,1H3,(H,22,26)(H,23,25). The highest BCUT2D eigenvalue weighted by molar-refractivity contribution is 6.05. The van der Waals surface area contributed by atoms with Crippen molar-refractivity contribution in [3.8, 4) is 5.75 Å². The van der Waals surface area contributed by atoms with E-state index in [0.29, 0.717) is 35.7 Å². The molecule has 0 heterocycles. The van der Waals surface area contributed by atoms with Gasteiger partial charge in [-0.05, 0) is 36.4 Å². The van der Waals surface area contributed by atoms with Crippen molar-refractivity contribution in [1.29, 1.82) is 0 Å². The largest absolute Gasteiger partial charge is 0.497 e. The number of hydrogen-bond donors (Lipinski definition) is 3. The molecule has 0 fully saturated rings. The molecule has 7 nitrogen and oxygen atoms in total. The van der Waals surface area contributed by atoms with Gasteiger partial charge >= 0.3 is 0 Å². The van der Waals surface area contributed by atoms with E-state index in [1.54, 1.807) is 55.6 Å². The van der Waals surface area contributed by atoms with Crippen LogP contribution in [0.25, 0.3) is 0 Å². The summed E-state index contributed by atoms with van der Waals surface area (Å²) >= 11 is 0. The fourth-order valence-corrected chi connectivity index (χ4v) is 2.43. The molecule has 0 unspecified atom stereocenters. The minimum atomic E-state index is -0.337. The third kappa shape index (κ3) is 5.93. The molecule has 0 saturated carbocycles. The Morgan fingerprint density at radius 1 is 1.00 bits per heavy atom. The Kier molecular flexibility index (Phi) is 7.51. The van der Waals surface area contributed by atoms with Gasteiger partial charge in [0.05, 0.1) is 18.4 Å². The van der Waals surface area contributed by atoms with Crippen molar-refractivity contribution in [2.45, 2.75) is 12.8 Å². The van der Waals surface area contributed by atoms with Gasteiger partial charge in [0.25, 0.3) is 5.91 Å². The summed E-state index contributed by atoms with van der Waals surface area (Å²) in [5, 5.41) is 5.35. The molecule has 0 aliphatic heterocycles. The zero-order valence-electron chi connectivity index (χ0n) is 15.2. The van der Waals surface area contributed by atoms with Crippen LogP contribution >= 0.6 is 0 Å². The first-order valence-electron chi connectivity index (χ1n) is 8.59. The lowest BCUT2D eigenvalue weighted by atomic mass is 10.1. The van der Waals surface area contributed by atoms with Crippen molar-refractivity contribution in [2.75, 3.05) is 25.5 Å². The van der Waals surface area contributed by atoms with Crippen molar-refractivity contribution in [3.63, 3.8) is 0 Å². The number of hydrogen-bond acceptors (Lipinski definition) is 5. The van der Waals surface area contributed by atoms with E-state index in [4.69, 9.17) is 10.5 Å². The summed E-state index contributed by atoms with van der Waals surface area (Å²) in [6.45, 7) is 0.672. The highest BCUT2D eigenvalue weighted by Crippen LogP contribution is 2.17. The Balaban J connectivity index is 1.93. The van der Waals surface area contributed by atoms with Gasteiger partial charge in [0.2, 0.25) is 5.91 Å². The summed E-state index contributed by atoms with van der Waals surface area (Å²) in [6.07, 6.45) is 0.0866. The third-order valence-corrected chi connectivity index (χ3v) is 3.87. The van der Waals surface area contributed by atoms with E-state index in [2.05, 4.69) is 10.6 Å². The second-order valence-electron chi connectivity index (χ2n) is 5.79. The molecule has 27 heavy (non-hydrogen) atoms. The van der Waals surface area contributed by atoms with Crippen molar-refractivity contribution in [3.05, 3.63) is 59.7 Å². The molecule has 142 valence electrons. The summed E-state index contributed by atoms with van der Waals surface area (Å²) in [4.78, 5) is 36.5. The number of rotatable bonds is 9. The van der Waals surface area contributed by atoms with Gasteiger partial charge in [-0.15, -0.1) is 0 Å². The van der Waals surface area contributed by atoms with Gasteiger partial charge in [-0.2, -0.15) is 0 Å². The quantitative estimate of drug-likeness (QED) is 0.586. The van der Waals surface area contributed by atoms with Crippen LogP contribution in [0.2, 0.25) is 0 Å². The first-order valence-corrected chi connectivity index (χ1v) is 8.59. The number of nitrogens with one attached hydrogen (secondary N) is 2. The highest BCUT2D eigenvalue weighted by Gasteiger charge is 2.14. The molecule has 4 N–H and O–H groups in total. The third-order valence-electron chi connectivity index (χ3n) is 3.87. The van der Waals surface area contributed by atoms with Crippen LogP contribution in [0.4, 0.5) is 5.69 Å². The number of amides is 2. The smallest absolute Gasteiger partial charge is 0.253 e. The molecule has 0 radical (unpaired) electrons. The van der Waals surface area contributed by atoms with E-state index in [1.165, 1.54) is 0 Å². The van der Waals surface area contributed by atoms with Crippen LogP contribution in [0.5, 0.6) is 5.75 Å². The van der Waals surface area contributed by atoms with Gasteiger partial charge in [0.15, 0.2) is 5.78 Å². The number of methoxy groups -OCH3 is 1. The van der Waals surface area contributed by atoms with Crippen LogP contribution in [0.3, 0.4) is 0 Å². The number of ether oxygens (including phenoxy) is 1. The summed E-state index contributed by atoms with van der Waals surface area (Å²) in [5.41, 5.74) is 6.65. The number of Topliss-reactive ketones (excluding diaryl/α,β-unsaturated/α-hetero) is 1. The molecule has 0 aliphatic rings. The molecule has 7 heteroatoms. The summed E-state index contributed by atoms with van der Waals surface area (Å²) in [7, 11) is 1.55. The highest BCUT2D eigenvalue weighted by atomic mass is 16.5. The van der Waals surface area contributed by atoms with Crippen molar-refractivity contribution in [1.82, 2.24) is 5.32 Å². The zero-order valence-corrected chi connectivity index (χ0v) is 15.2. The van der Waals surface area contributed by atoms with Gasteiger partial charge < -0.3 is 21.1 Å². The van der Waals surface area contributed by atoms with Crippen molar-refractivity contribution >= 4 is 23.3 Å². The topological polar surface area (TPSA) is 111 Å². The second-order valence-corrected chi connectivity index (χ2v) is 5.79. The number of para-hydroxylation sites is 1. The zero-order chi connectivity index (χ0) is 19.6. The minimum Gasteiger partial charge on any atom is -0.497 e. The normalized spacial score (nSPS) is 10.1. The van der Waals surface area contributed by atoms with E-state index < -0.39 is 0 Å². The van der Waals surface area contributed by atoms with Crippen LogP contribution in [0.15, 0.2) is 48.5 Å². The lowest BCUT2D eigenvalue weighted by Gasteiger charge is -2.11. The van der Waals surface area contributed by atoms with Crippen LogP contribution < -0.4 is 21.1 Å².